The van der Waals surface area contributed by atoms with Gasteiger partial charge in [-0.3, -0.25) is 0 Å². The lowest BCUT2D eigenvalue weighted by molar-refractivity contribution is -0.0721. The summed E-state index contributed by atoms with van der Waals surface area (Å²) in [7, 11) is 0. The van der Waals surface area contributed by atoms with Crippen LogP contribution in [0.2, 0.25) is 0 Å². The van der Waals surface area contributed by atoms with Gasteiger partial charge in [-0.15, -0.1) is 0 Å². The van der Waals surface area contributed by atoms with Gasteiger partial charge in [0.25, 0.3) is 0 Å². The van der Waals surface area contributed by atoms with E-state index in [1.807, 2.05) is 0 Å². The molecule has 104 valence electrons. The molecule has 0 aromatic carbocycles. The lowest BCUT2D eigenvalue weighted by Crippen LogP contribution is -2.58. The third kappa shape index (κ3) is 2.12. The Morgan fingerprint density at radius 1 is 0.944 bits per heavy atom. The lowest BCUT2D eigenvalue weighted by atomic mass is 9.48. The molecule has 2 heteroatoms. The molecule has 3 unspecified atom stereocenters. The molecule has 4 aliphatic carbocycles. The van der Waals surface area contributed by atoms with Crippen LogP contribution in [0.25, 0.3) is 0 Å². The second kappa shape index (κ2) is 4.49. The Labute approximate surface area is 112 Å². The van der Waals surface area contributed by atoms with Crippen molar-refractivity contribution in [3.8, 4) is 0 Å². The van der Waals surface area contributed by atoms with E-state index in [0.717, 1.165) is 17.8 Å². The molecule has 3 atom stereocenters. The second-order valence-corrected chi connectivity index (χ2v) is 7.82. The van der Waals surface area contributed by atoms with E-state index in [2.05, 4.69) is 26.1 Å². The molecule has 0 aromatic heterocycles. The van der Waals surface area contributed by atoms with Gasteiger partial charge in [0.2, 0.25) is 0 Å². The van der Waals surface area contributed by atoms with Crippen LogP contribution in [-0.2, 0) is 0 Å². The highest BCUT2D eigenvalue weighted by Gasteiger charge is 2.53. The van der Waals surface area contributed by atoms with Gasteiger partial charge in [0.15, 0.2) is 0 Å². The summed E-state index contributed by atoms with van der Waals surface area (Å²) >= 11 is 0. The van der Waals surface area contributed by atoms with Gasteiger partial charge in [-0.25, -0.2) is 0 Å². The average Bonchev–Trinajstić information content (AvgIpc) is 2.26. The van der Waals surface area contributed by atoms with Gasteiger partial charge in [0.1, 0.15) is 0 Å². The molecule has 4 saturated carbocycles. The van der Waals surface area contributed by atoms with Gasteiger partial charge in [0.05, 0.1) is 0 Å². The molecular formula is C16H30N2. The fourth-order valence-corrected chi connectivity index (χ4v) is 5.43. The first-order chi connectivity index (χ1) is 8.48. The van der Waals surface area contributed by atoms with Crippen molar-refractivity contribution in [2.45, 2.75) is 77.4 Å². The molecule has 0 radical (unpaired) electrons. The fourth-order valence-electron chi connectivity index (χ4n) is 5.43. The maximum absolute atomic E-state index is 6.01. The molecule has 0 amide bonds. The summed E-state index contributed by atoms with van der Waals surface area (Å²) in [6.07, 6.45) is 9.06. The monoisotopic (exact) mass is 250 g/mol. The van der Waals surface area contributed by atoms with Gasteiger partial charge < -0.3 is 11.1 Å². The van der Waals surface area contributed by atoms with Crippen LogP contribution >= 0.6 is 0 Å². The summed E-state index contributed by atoms with van der Waals surface area (Å²) in [5.74, 6) is 3.14. The van der Waals surface area contributed by atoms with Gasteiger partial charge in [0, 0.05) is 18.1 Å². The highest BCUT2D eigenvalue weighted by atomic mass is 15.0. The Bertz CT molecular complexity index is 275. The number of hydrogen-bond acceptors (Lipinski definition) is 2. The van der Waals surface area contributed by atoms with E-state index < -0.39 is 0 Å². The van der Waals surface area contributed by atoms with E-state index in [1.54, 1.807) is 0 Å². The molecule has 0 heterocycles. The van der Waals surface area contributed by atoms with Gasteiger partial charge in [-0.1, -0.05) is 0 Å². The highest BCUT2D eigenvalue weighted by Crippen LogP contribution is 2.61. The standard InChI is InChI=1S/C16H30N2/c1-10(17)11(2)18-12(3)16-7-13-4-14(8-16)6-15(5-13)9-16/h10-15,18H,4-9,17H2,1-3H3. The minimum Gasteiger partial charge on any atom is -0.327 e. The minimum atomic E-state index is 0.251. The highest BCUT2D eigenvalue weighted by molar-refractivity contribution is 5.05. The Kier molecular flexibility index (Phi) is 3.22. The normalized spacial score (nSPS) is 47.0. The molecule has 4 rings (SSSR count). The number of nitrogens with two attached hydrogens (primary N) is 1. The predicted molar refractivity (Wildman–Crippen MR) is 76.3 cm³/mol. The zero-order chi connectivity index (χ0) is 12.9. The molecular weight excluding hydrogens is 220 g/mol. The summed E-state index contributed by atoms with van der Waals surface area (Å²) in [6.45, 7) is 6.78. The lowest BCUT2D eigenvalue weighted by Gasteiger charge is -2.59. The summed E-state index contributed by atoms with van der Waals surface area (Å²) in [5.41, 5.74) is 6.62. The first kappa shape index (κ1) is 12.9. The van der Waals surface area contributed by atoms with Crippen LogP contribution in [0.1, 0.15) is 59.3 Å². The van der Waals surface area contributed by atoms with E-state index >= 15 is 0 Å². The van der Waals surface area contributed by atoms with Crippen LogP contribution < -0.4 is 11.1 Å². The Morgan fingerprint density at radius 3 is 1.78 bits per heavy atom. The third-order valence-electron chi connectivity index (χ3n) is 6.31. The van der Waals surface area contributed by atoms with Crippen molar-refractivity contribution in [3.05, 3.63) is 0 Å². The molecule has 4 aliphatic rings. The average molecular weight is 250 g/mol. The van der Waals surface area contributed by atoms with Crippen molar-refractivity contribution in [2.75, 3.05) is 0 Å². The number of hydrogen-bond donors (Lipinski definition) is 2. The van der Waals surface area contributed by atoms with Crippen LogP contribution in [0.15, 0.2) is 0 Å². The smallest absolute Gasteiger partial charge is 0.0190 e. The molecule has 0 aromatic rings. The molecule has 4 bridgehead atoms. The topological polar surface area (TPSA) is 38.0 Å². The van der Waals surface area contributed by atoms with Crippen molar-refractivity contribution in [2.24, 2.45) is 28.9 Å². The van der Waals surface area contributed by atoms with Gasteiger partial charge >= 0.3 is 0 Å². The molecule has 4 fully saturated rings. The quantitative estimate of drug-likeness (QED) is 0.805. The van der Waals surface area contributed by atoms with E-state index in [-0.39, 0.29) is 6.04 Å². The van der Waals surface area contributed by atoms with E-state index in [0.29, 0.717) is 17.5 Å². The molecule has 0 saturated heterocycles. The summed E-state index contributed by atoms with van der Waals surface area (Å²) in [5, 5.41) is 3.81. The fraction of sp³-hybridized carbons (Fsp3) is 1.00. The van der Waals surface area contributed by atoms with Crippen molar-refractivity contribution in [1.82, 2.24) is 5.32 Å². The zero-order valence-corrected chi connectivity index (χ0v) is 12.3. The van der Waals surface area contributed by atoms with E-state index in [4.69, 9.17) is 5.73 Å². The van der Waals surface area contributed by atoms with Gasteiger partial charge in [-0.2, -0.15) is 0 Å². The third-order valence-corrected chi connectivity index (χ3v) is 6.31. The molecule has 3 N–H and O–H groups in total. The Balaban J connectivity index is 1.71. The van der Waals surface area contributed by atoms with Crippen molar-refractivity contribution in [3.63, 3.8) is 0 Å². The van der Waals surface area contributed by atoms with Crippen molar-refractivity contribution in [1.29, 1.82) is 0 Å². The first-order valence-corrected chi connectivity index (χ1v) is 8.00. The van der Waals surface area contributed by atoms with Gasteiger partial charge in [-0.05, 0) is 82.5 Å². The van der Waals surface area contributed by atoms with Crippen LogP contribution in [0.5, 0.6) is 0 Å². The van der Waals surface area contributed by atoms with Crippen LogP contribution in [-0.4, -0.2) is 18.1 Å². The van der Waals surface area contributed by atoms with Crippen molar-refractivity contribution >= 4 is 0 Å². The SMILES string of the molecule is CC(N)C(C)NC(C)C12CC3CC(CC(C3)C1)C2. The van der Waals surface area contributed by atoms with E-state index in [9.17, 15) is 0 Å². The molecule has 0 spiro atoms. The van der Waals surface area contributed by atoms with Crippen molar-refractivity contribution < 1.29 is 0 Å². The maximum Gasteiger partial charge on any atom is 0.0190 e. The second-order valence-electron chi connectivity index (χ2n) is 7.82. The molecule has 2 nitrogen and oxygen atoms in total. The first-order valence-electron chi connectivity index (χ1n) is 8.00. The number of nitrogens with one attached hydrogen (secondary N) is 1. The summed E-state index contributed by atoms with van der Waals surface area (Å²) in [4.78, 5) is 0. The minimum absolute atomic E-state index is 0.251. The summed E-state index contributed by atoms with van der Waals surface area (Å²) < 4.78 is 0. The van der Waals surface area contributed by atoms with E-state index in [1.165, 1.54) is 38.5 Å². The Hall–Kier alpha value is -0.0800. The molecule has 0 aliphatic heterocycles. The predicted octanol–water partition coefficient (Wildman–Crippen LogP) is 2.92. The number of rotatable bonds is 4. The summed E-state index contributed by atoms with van der Waals surface area (Å²) in [6, 6.07) is 1.33. The van der Waals surface area contributed by atoms with Crippen LogP contribution in [0.4, 0.5) is 0 Å². The Morgan fingerprint density at radius 2 is 1.39 bits per heavy atom. The van der Waals surface area contributed by atoms with Crippen LogP contribution in [0, 0.1) is 23.2 Å². The molecule has 18 heavy (non-hydrogen) atoms. The largest absolute Gasteiger partial charge is 0.327 e. The van der Waals surface area contributed by atoms with Crippen LogP contribution in [0.3, 0.4) is 0 Å². The maximum atomic E-state index is 6.01. The zero-order valence-electron chi connectivity index (χ0n) is 12.3.